The fraction of sp³-hybridized carbons (Fsp3) is 0.389. The zero-order valence-corrected chi connectivity index (χ0v) is 15.6. The summed E-state index contributed by atoms with van der Waals surface area (Å²) in [5.74, 6) is -1.39. The molecule has 0 saturated carbocycles. The van der Waals surface area contributed by atoms with E-state index in [0.717, 1.165) is 22.9 Å². The van der Waals surface area contributed by atoms with E-state index in [1.54, 1.807) is 6.07 Å². The third kappa shape index (κ3) is 6.34. The molecule has 0 bridgehead atoms. The van der Waals surface area contributed by atoms with Crippen molar-refractivity contribution in [3.63, 3.8) is 0 Å². The quantitative estimate of drug-likeness (QED) is 0.559. The van der Waals surface area contributed by atoms with Gasteiger partial charge in [0, 0.05) is 10.2 Å². The minimum absolute atomic E-state index is 0.179. The number of benzene rings is 1. The van der Waals surface area contributed by atoms with Crippen LogP contribution in [0.15, 0.2) is 34.8 Å². The summed E-state index contributed by atoms with van der Waals surface area (Å²) in [7, 11) is 0. The Bertz CT molecular complexity index is 688. The number of nitrogens with one attached hydrogen (secondary N) is 2. The standard InChI is InChI=1S/C18H21BrN2O4/c1-12-9-14(19)7-8-15(12)21-16(22)10-20-17(23)11-25-18(24)13-5-3-2-4-6-13/h2-3,7-9,13H,4-6,10-11H2,1H3,(H,20,23)(H,21,22)/t13-/m1/s1. The van der Waals surface area contributed by atoms with Crippen molar-refractivity contribution in [3.05, 3.63) is 40.4 Å². The highest BCUT2D eigenvalue weighted by Gasteiger charge is 2.21. The number of hydrogen-bond acceptors (Lipinski definition) is 4. The average molecular weight is 409 g/mol. The van der Waals surface area contributed by atoms with Gasteiger partial charge in [0.1, 0.15) is 0 Å². The second kappa shape index (κ2) is 9.36. The lowest BCUT2D eigenvalue weighted by Crippen LogP contribution is -2.36. The van der Waals surface area contributed by atoms with Crippen molar-refractivity contribution < 1.29 is 19.1 Å². The molecule has 2 N–H and O–H groups in total. The zero-order valence-electron chi connectivity index (χ0n) is 14.0. The number of aryl methyl sites for hydroxylation is 1. The van der Waals surface area contributed by atoms with Crippen LogP contribution in [0.3, 0.4) is 0 Å². The van der Waals surface area contributed by atoms with Gasteiger partial charge >= 0.3 is 5.97 Å². The first kappa shape index (κ1) is 19.2. The van der Waals surface area contributed by atoms with Crippen molar-refractivity contribution in [1.82, 2.24) is 5.32 Å². The van der Waals surface area contributed by atoms with Gasteiger partial charge in [-0.15, -0.1) is 0 Å². The highest BCUT2D eigenvalue weighted by molar-refractivity contribution is 9.10. The Morgan fingerprint density at radius 3 is 2.72 bits per heavy atom. The molecule has 6 nitrogen and oxygen atoms in total. The monoisotopic (exact) mass is 408 g/mol. The topological polar surface area (TPSA) is 84.5 Å². The minimum atomic E-state index is -0.498. The Morgan fingerprint density at radius 2 is 2.04 bits per heavy atom. The Morgan fingerprint density at radius 1 is 1.24 bits per heavy atom. The number of carbonyl (C=O) groups is 3. The number of halogens is 1. The number of anilines is 1. The predicted octanol–water partition coefficient (Wildman–Crippen LogP) is 2.71. The van der Waals surface area contributed by atoms with E-state index in [4.69, 9.17) is 4.74 Å². The van der Waals surface area contributed by atoms with Crippen molar-refractivity contribution in [3.8, 4) is 0 Å². The zero-order chi connectivity index (χ0) is 18.2. The molecule has 1 aliphatic rings. The van der Waals surface area contributed by atoms with Crippen LogP contribution in [-0.4, -0.2) is 30.9 Å². The molecule has 0 spiro atoms. The number of esters is 1. The number of ether oxygens (including phenoxy) is 1. The average Bonchev–Trinajstić information content (AvgIpc) is 2.61. The molecular weight excluding hydrogens is 388 g/mol. The van der Waals surface area contributed by atoms with Crippen LogP contribution >= 0.6 is 15.9 Å². The van der Waals surface area contributed by atoms with Crippen LogP contribution < -0.4 is 10.6 Å². The molecule has 1 aliphatic carbocycles. The summed E-state index contributed by atoms with van der Waals surface area (Å²) in [6, 6.07) is 5.48. The molecular formula is C18H21BrN2O4. The van der Waals surface area contributed by atoms with Gasteiger partial charge < -0.3 is 15.4 Å². The molecule has 0 heterocycles. The molecule has 2 rings (SSSR count). The first-order chi connectivity index (χ1) is 12.0. The van der Waals surface area contributed by atoms with Gasteiger partial charge in [0.2, 0.25) is 5.91 Å². The Labute approximate surface area is 155 Å². The van der Waals surface area contributed by atoms with Crippen LogP contribution in [0.4, 0.5) is 5.69 Å². The highest BCUT2D eigenvalue weighted by Crippen LogP contribution is 2.20. The van der Waals surface area contributed by atoms with Crippen LogP contribution in [0.2, 0.25) is 0 Å². The SMILES string of the molecule is Cc1cc(Br)ccc1NC(=O)CNC(=O)COC(=O)[C@@H]1CC=CCC1. The van der Waals surface area contributed by atoms with Gasteiger partial charge in [0.05, 0.1) is 12.5 Å². The van der Waals surface area contributed by atoms with Crippen LogP contribution in [0, 0.1) is 12.8 Å². The lowest BCUT2D eigenvalue weighted by Gasteiger charge is -2.16. The van der Waals surface area contributed by atoms with E-state index in [9.17, 15) is 14.4 Å². The van der Waals surface area contributed by atoms with Crippen molar-refractivity contribution >= 4 is 39.4 Å². The summed E-state index contributed by atoms with van der Waals surface area (Å²) in [5.41, 5.74) is 1.59. The molecule has 0 unspecified atom stereocenters. The fourth-order valence-electron chi connectivity index (χ4n) is 2.45. The molecule has 0 radical (unpaired) electrons. The molecule has 0 fully saturated rings. The summed E-state index contributed by atoms with van der Waals surface area (Å²) in [4.78, 5) is 35.4. The molecule has 7 heteroatoms. The van der Waals surface area contributed by atoms with Crippen LogP contribution in [0.25, 0.3) is 0 Å². The van der Waals surface area contributed by atoms with Gasteiger partial charge in [-0.2, -0.15) is 0 Å². The van der Waals surface area contributed by atoms with Gasteiger partial charge in [-0.05, 0) is 49.9 Å². The maximum absolute atomic E-state index is 11.9. The van der Waals surface area contributed by atoms with Crippen LogP contribution in [0.5, 0.6) is 0 Å². The maximum atomic E-state index is 11.9. The van der Waals surface area contributed by atoms with E-state index in [2.05, 4.69) is 26.6 Å². The number of carbonyl (C=O) groups excluding carboxylic acids is 3. The number of hydrogen-bond donors (Lipinski definition) is 2. The van der Waals surface area contributed by atoms with Crippen LogP contribution in [-0.2, 0) is 19.1 Å². The Kier molecular flexibility index (Phi) is 7.18. The summed E-state index contributed by atoms with van der Waals surface area (Å²) >= 11 is 3.35. The molecule has 134 valence electrons. The molecule has 2 amide bonds. The second-order valence-corrected chi connectivity index (χ2v) is 6.79. The molecule has 1 atom stereocenters. The van der Waals surface area contributed by atoms with E-state index in [-0.39, 0.29) is 30.9 Å². The number of allylic oxidation sites excluding steroid dienone is 2. The van der Waals surface area contributed by atoms with E-state index in [1.807, 2.05) is 31.2 Å². The Balaban J connectivity index is 1.69. The van der Waals surface area contributed by atoms with Crippen molar-refractivity contribution in [2.75, 3.05) is 18.5 Å². The minimum Gasteiger partial charge on any atom is -0.455 e. The van der Waals surface area contributed by atoms with E-state index in [0.29, 0.717) is 12.1 Å². The smallest absolute Gasteiger partial charge is 0.309 e. The third-order valence-corrected chi connectivity index (χ3v) is 4.35. The normalized spacial score (nSPS) is 16.2. The van der Waals surface area contributed by atoms with Gasteiger partial charge in [-0.3, -0.25) is 14.4 Å². The largest absolute Gasteiger partial charge is 0.455 e. The van der Waals surface area contributed by atoms with Crippen molar-refractivity contribution in [2.45, 2.75) is 26.2 Å². The number of rotatable bonds is 6. The molecule has 1 aromatic rings. The first-order valence-electron chi connectivity index (χ1n) is 8.10. The van der Waals surface area contributed by atoms with Crippen molar-refractivity contribution in [1.29, 1.82) is 0 Å². The maximum Gasteiger partial charge on any atom is 0.309 e. The molecule has 0 aliphatic heterocycles. The van der Waals surface area contributed by atoms with Gasteiger partial charge in [0.15, 0.2) is 6.61 Å². The number of amides is 2. The third-order valence-electron chi connectivity index (χ3n) is 3.86. The van der Waals surface area contributed by atoms with Gasteiger partial charge in [-0.25, -0.2) is 0 Å². The summed E-state index contributed by atoms with van der Waals surface area (Å²) in [6.07, 6.45) is 6.22. The summed E-state index contributed by atoms with van der Waals surface area (Å²) in [6.45, 7) is 1.32. The van der Waals surface area contributed by atoms with E-state index < -0.39 is 5.91 Å². The molecule has 0 aromatic heterocycles. The van der Waals surface area contributed by atoms with Crippen molar-refractivity contribution in [2.24, 2.45) is 5.92 Å². The van der Waals surface area contributed by atoms with E-state index in [1.165, 1.54) is 0 Å². The molecule has 0 saturated heterocycles. The van der Waals surface area contributed by atoms with Crippen LogP contribution in [0.1, 0.15) is 24.8 Å². The fourth-order valence-corrected chi connectivity index (χ4v) is 2.93. The Hall–Kier alpha value is -2.15. The first-order valence-corrected chi connectivity index (χ1v) is 8.89. The highest BCUT2D eigenvalue weighted by atomic mass is 79.9. The second-order valence-electron chi connectivity index (χ2n) is 5.87. The molecule has 25 heavy (non-hydrogen) atoms. The van der Waals surface area contributed by atoms with Gasteiger partial charge in [0.25, 0.3) is 5.91 Å². The molecule has 1 aromatic carbocycles. The summed E-state index contributed by atoms with van der Waals surface area (Å²) < 4.78 is 5.93. The van der Waals surface area contributed by atoms with Gasteiger partial charge in [-0.1, -0.05) is 28.1 Å². The van der Waals surface area contributed by atoms with E-state index >= 15 is 0 Å². The summed E-state index contributed by atoms with van der Waals surface area (Å²) in [5, 5.41) is 5.16. The predicted molar refractivity (Wildman–Crippen MR) is 98.0 cm³/mol. The lowest BCUT2D eigenvalue weighted by molar-refractivity contribution is -0.152. The lowest BCUT2D eigenvalue weighted by atomic mass is 9.95.